The van der Waals surface area contributed by atoms with Gasteiger partial charge in [-0.15, -0.1) is 0 Å². The van der Waals surface area contributed by atoms with E-state index in [0.717, 1.165) is 5.56 Å². The van der Waals surface area contributed by atoms with Gasteiger partial charge in [0.2, 0.25) is 0 Å². The molecule has 0 aromatic heterocycles. The van der Waals surface area contributed by atoms with E-state index in [9.17, 15) is 9.90 Å². The SMILES string of the molecule is COC(=O)/C=C1\C[C@H](O)C[C@@H](N=[N+]=[N-])[C@@H]1OCc1ccccc1. The van der Waals surface area contributed by atoms with Crippen LogP contribution in [0.4, 0.5) is 0 Å². The van der Waals surface area contributed by atoms with Gasteiger partial charge in [-0.2, -0.15) is 0 Å². The highest BCUT2D eigenvalue weighted by atomic mass is 16.5. The van der Waals surface area contributed by atoms with Gasteiger partial charge in [0.05, 0.1) is 32.0 Å². The number of aliphatic hydroxyl groups excluding tert-OH is 1. The van der Waals surface area contributed by atoms with Crippen LogP contribution in [0.1, 0.15) is 18.4 Å². The molecule has 1 N–H and O–H groups in total. The van der Waals surface area contributed by atoms with Crippen LogP contribution in [-0.4, -0.2) is 36.4 Å². The molecule has 7 nitrogen and oxygen atoms in total. The Balaban J connectivity index is 2.20. The molecule has 0 saturated heterocycles. The topological polar surface area (TPSA) is 105 Å². The van der Waals surface area contributed by atoms with Gasteiger partial charge in [-0.1, -0.05) is 35.4 Å². The van der Waals surface area contributed by atoms with Crippen LogP contribution in [0.2, 0.25) is 0 Å². The summed E-state index contributed by atoms with van der Waals surface area (Å²) in [6, 6.07) is 8.99. The molecule has 0 aliphatic heterocycles. The first-order valence-corrected chi connectivity index (χ1v) is 7.30. The van der Waals surface area contributed by atoms with Crippen molar-refractivity contribution in [2.24, 2.45) is 5.11 Å². The van der Waals surface area contributed by atoms with Crippen molar-refractivity contribution >= 4 is 5.97 Å². The maximum absolute atomic E-state index is 11.5. The molecule has 122 valence electrons. The first-order chi connectivity index (χ1) is 11.1. The normalized spacial score (nSPS) is 25.7. The second kappa shape index (κ2) is 8.33. The summed E-state index contributed by atoms with van der Waals surface area (Å²) < 4.78 is 10.5. The third-order valence-corrected chi connectivity index (χ3v) is 3.68. The Hall–Kier alpha value is -2.34. The van der Waals surface area contributed by atoms with Gasteiger partial charge in [-0.05, 0) is 29.5 Å². The van der Waals surface area contributed by atoms with Crippen molar-refractivity contribution in [3.63, 3.8) is 0 Å². The van der Waals surface area contributed by atoms with E-state index in [1.807, 2.05) is 30.3 Å². The number of ether oxygens (including phenoxy) is 2. The van der Waals surface area contributed by atoms with E-state index in [4.69, 9.17) is 10.3 Å². The van der Waals surface area contributed by atoms with Gasteiger partial charge in [0.25, 0.3) is 0 Å². The molecule has 7 heteroatoms. The second-order valence-corrected chi connectivity index (χ2v) is 5.33. The van der Waals surface area contributed by atoms with E-state index < -0.39 is 24.2 Å². The second-order valence-electron chi connectivity index (χ2n) is 5.33. The number of esters is 1. The molecule has 3 atom stereocenters. The predicted molar refractivity (Wildman–Crippen MR) is 83.3 cm³/mol. The number of nitrogens with zero attached hydrogens (tertiary/aromatic N) is 3. The van der Waals surface area contributed by atoms with Crippen LogP contribution in [0.5, 0.6) is 0 Å². The van der Waals surface area contributed by atoms with Crippen LogP contribution in [0.15, 0.2) is 47.1 Å². The number of aliphatic hydroxyl groups is 1. The summed E-state index contributed by atoms with van der Waals surface area (Å²) in [4.78, 5) is 14.4. The van der Waals surface area contributed by atoms with E-state index in [1.54, 1.807) is 0 Å². The molecule has 1 aliphatic carbocycles. The molecule has 0 heterocycles. The average Bonchev–Trinajstić information content (AvgIpc) is 2.55. The van der Waals surface area contributed by atoms with E-state index in [2.05, 4.69) is 14.8 Å². The molecule has 23 heavy (non-hydrogen) atoms. The fourth-order valence-corrected chi connectivity index (χ4v) is 2.62. The Morgan fingerprint density at radius 3 is 2.87 bits per heavy atom. The minimum atomic E-state index is -0.682. The first-order valence-electron chi connectivity index (χ1n) is 7.30. The van der Waals surface area contributed by atoms with Crippen LogP contribution >= 0.6 is 0 Å². The Kier molecular flexibility index (Phi) is 6.17. The van der Waals surface area contributed by atoms with Crippen molar-refractivity contribution in [3.8, 4) is 0 Å². The molecule has 1 aromatic rings. The molecule has 1 fully saturated rings. The van der Waals surface area contributed by atoms with Crippen molar-refractivity contribution < 1.29 is 19.4 Å². The van der Waals surface area contributed by atoms with Crippen molar-refractivity contribution in [1.82, 2.24) is 0 Å². The zero-order chi connectivity index (χ0) is 16.7. The maximum Gasteiger partial charge on any atom is 0.330 e. The molecule has 0 unspecified atom stereocenters. The van der Waals surface area contributed by atoms with Gasteiger partial charge in [-0.25, -0.2) is 4.79 Å². The Morgan fingerprint density at radius 2 is 2.22 bits per heavy atom. The molecule has 1 aromatic carbocycles. The lowest BCUT2D eigenvalue weighted by Crippen LogP contribution is -2.39. The Morgan fingerprint density at radius 1 is 1.48 bits per heavy atom. The van der Waals surface area contributed by atoms with Gasteiger partial charge in [-0.3, -0.25) is 0 Å². The van der Waals surface area contributed by atoms with Gasteiger partial charge in [0.1, 0.15) is 0 Å². The lowest BCUT2D eigenvalue weighted by Gasteiger charge is -2.33. The summed E-state index contributed by atoms with van der Waals surface area (Å²) in [6.45, 7) is 0.317. The molecule has 0 spiro atoms. The number of azide groups is 1. The van der Waals surface area contributed by atoms with E-state index in [1.165, 1.54) is 13.2 Å². The molecule has 0 radical (unpaired) electrons. The first kappa shape index (κ1) is 17.0. The molecule has 2 rings (SSSR count). The zero-order valence-corrected chi connectivity index (χ0v) is 12.8. The molecule has 1 aliphatic rings. The third kappa shape index (κ3) is 4.82. The Bertz CT molecular complexity index is 611. The summed E-state index contributed by atoms with van der Waals surface area (Å²) in [5.74, 6) is -0.526. The molecule has 1 saturated carbocycles. The lowest BCUT2D eigenvalue weighted by molar-refractivity contribution is -0.135. The van der Waals surface area contributed by atoms with Crippen LogP contribution in [0, 0.1) is 0 Å². The van der Waals surface area contributed by atoms with Crippen LogP contribution < -0.4 is 0 Å². The summed E-state index contributed by atoms with van der Waals surface area (Å²) in [7, 11) is 1.28. The summed E-state index contributed by atoms with van der Waals surface area (Å²) >= 11 is 0. The van der Waals surface area contributed by atoms with Gasteiger partial charge in [0.15, 0.2) is 0 Å². The monoisotopic (exact) mass is 317 g/mol. The molecule has 0 bridgehead atoms. The maximum atomic E-state index is 11.5. The quantitative estimate of drug-likeness (QED) is 0.296. The van der Waals surface area contributed by atoms with Crippen LogP contribution in [0.3, 0.4) is 0 Å². The fourth-order valence-electron chi connectivity index (χ4n) is 2.62. The number of hydrogen-bond donors (Lipinski definition) is 1. The highest BCUT2D eigenvalue weighted by Crippen LogP contribution is 2.30. The lowest BCUT2D eigenvalue weighted by atomic mass is 9.85. The largest absolute Gasteiger partial charge is 0.466 e. The number of carbonyl (C=O) groups excluding carboxylic acids is 1. The number of methoxy groups -OCH3 is 1. The summed E-state index contributed by atoms with van der Waals surface area (Å²) in [5.41, 5.74) is 10.3. The van der Waals surface area contributed by atoms with Crippen molar-refractivity contribution in [1.29, 1.82) is 0 Å². The number of rotatable bonds is 5. The minimum absolute atomic E-state index is 0.284. The standard InChI is InChI=1S/C16H19N3O4/c1-22-15(21)8-12-7-13(20)9-14(18-19-17)16(12)23-10-11-5-3-2-4-6-11/h2-6,8,13-14,16,20H,7,9-10H2,1H3/b12-8+/t13-,14+,16+/m0/s1. The third-order valence-electron chi connectivity index (χ3n) is 3.68. The van der Waals surface area contributed by atoms with Crippen molar-refractivity contribution in [3.05, 3.63) is 58.0 Å². The van der Waals surface area contributed by atoms with E-state index >= 15 is 0 Å². The average molecular weight is 317 g/mol. The van der Waals surface area contributed by atoms with Crippen LogP contribution in [-0.2, 0) is 20.9 Å². The highest BCUT2D eigenvalue weighted by molar-refractivity contribution is 5.82. The zero-order valence-electron chi connectivity index (χ0n) is 12.8. The number of carbonyl (C=O) groups is 1. The smallest absolute Gasteiger partial charge is 0.330 e. The molecular weight excluding hydrogens is 298 g/mol. The summed E-state index contributed by atoms with van der Waals surface area (Å²) in [5, 5.41) is 13.6. The van der Waals surface area contributed by atoms with Crippen LogP contribution in [0.25, 0.3) is 10.4 Å². The molecular formula is C16H19N3O4. The number of hydrogen-bond acceptors (Lipinski definition) is 5. The van der Waals surface area contributed by atoms with Gasteiger partial charge in [0, 0.05) is 11.0 Å². The van der Waals surface area contributed by atoms with Crippen molar-refractivity contribution in [2.45, 2.75) is 37.7 Å². The van der Waals surface area contributed by atoms with Gasteiger partial charge >= 0.3 is 5.97 Å². The Labute approximate surface area is 134 Å². The minimum Gasteiger partial charge on any atom is -0.466 e. The molecule has 0 amide bonds. The summed E-state index contributed by atoms with van der Waals surface area (Å²) in [6.07, 6.45) is 0.637. The fraction of sp³-hybridized carbons (Fsp3) is 0.438. The predicted octanol–water partition coefficient (Wildman–Crippen LogP) is 2.50. The van der Waals surface area contributed by atoms with Gasteiger partial charge < -0.3 is 14.6 Å². The van der Waals surface area contributed by atoms with E-state index in [0.29, 0.717) is 18.6 Å². The van der Waals surface area contributed by atoms with Crippen molar-refractivity contribution in [2.75, 3.05) is 7.11 Å². The highest BCUT2D eigenvalue weighted by Gasteiger charge is 2.34. The number of benzene rings is 1. The van der Waals surface area contributed by atoms with E-state index in [-0.39, 0.29) is 6.42 Å².